The van der Waals surface area contributed by atoms with Gasteiger partial charge in [-0.3, -0.25) is 0 Å². The molecule has 1 fully saturated rings. The number of nitrogens with zero attached hydrogens (tertiary/aromatic N) is 1. The van der Waals surface area contributed by atoms with E-state index in [1.54, 1.807) is 4.90 Å². The van der Waals surface area contributed by atoms with Crippen LogP contribution < -0.4 is 4.90 Å². The van der Waals surface area contributed by atoms with Gasteiger partial charge in [-0.25, -0.2) is 4.98 Å². The minimum absolute atomic E-state index is 0.579. The van der Waals surface area contributed by atoms with Gasteiger partial charge in [-0.15, -0.1) is 0 Å². The van der Waals surface area contributed by atoms with Gasteiger partial charge in [0.25, 0.3) is 0 Å². The van der Waals surface area contributed by atoms with Crippen molar-refractivity contribution in [1.82, 2.24) is 4.98 Å². The maximum atomic E-state index is 5.83. The van der Waals surface area contributed by atoms with Crippen LogP contribution in [0.5, 0.6) is 0 Å². The minimum Gasteiger partial charge on any atom is -0.331 e. The van der Waals surface area contributed by atoms with Crippen molar-refractivity contribution in [3.8, 4) is 0 Å². The Hall–Kier alpha value is -1.38. The number of quaternary nitrogens is 1. The molecule has 1 aromatic heterocycles. The first-order valence-electron chi connectivity index (χ1n) is 7.77. The molecule has 1 aromatic carbocycles. The van der Waals surface area contributed by atoms with Crippen LogP contribution in [-0.4, -0.2) is 18.1 Å². The normalized spacial score (nSPS) is 22.1. The van der Waals surface area contributed by atoms with Crippen molar-refractivity contribution in [3.63, 3.8) is 0 Å². The molecule has 0 saturated carbocycles. The number of likely N-dealkylation sites (tertiary alicyclic amines) is 1. The third-order valence-corrected chi connectivity index (χ3v) is 4.65. The van der Waals surface area contributed by atoms with Gasteiger partial charge in [0.1, 0.15) is 11.7 Å². The Morgan fingerprint density at radius 3 is 2.43 bits per heavy atom. The lowest BCUT2D eigenvalue weighted by atomic mass is 9.90. The van der Waals surface area contributed by atoms with Gasteiger partial charge in [-0.05, 0) is 42.9 Å². The van der Waals surface area contributed by atoms with Crippen molar-refractivity contribution in [3.05, 3.63) is 64.9 Å². The van der Waals surface area contributed by atoms with Crippen LogP contribution in [0, 0.1) is 5.92 Å². The molecule has 0 atom stereocenters. The van der Waals surface area contributed by atoms with Crippen molar-refractivity contribution in [2.24, 2.45) is 5.92 Å². The number of pyridine rings is 1. The molecule has 0 unspecified atom stereocenters. The van der Waals surface area contributed by atoms with Crippen LogP contribution in [0.25, 0.3) is 0 Å². The molecule has 2 aromatic rings. The van der Waals surface area contributed by atoms with Gasteiger partial charge < -0.3 is 4.90 Å². The summed E-state index contributed by atoms with van der Waals surface area (Å²) in [6.07, 6.45) is 5.79. The summed E-state index contributed by atoms with van der Waals surface area (Å²) in [6.45, 7) is 3.60. The molecular weight excluding hydrogens is 280 g/mol. The van der Waals surface area contributed by atoms with Crippen molar-refractivity contribution in [1.29, 1.82) is 0 Å². The summed E-state index contributed by atoms with van der Waals surface area (Å²) in [7, 11) is 0. The largest absolute Gasteiger partial charge is 0.331 e. The zero-order valence-corrected chi connectivity index (χ0v) is 13.0. The molecule has 0 bridgehead atoms. The van der Waals surface area contributed by atoms with E-state index >= 15 is 0 Å². The van der Waals surface area contributed by atoms with Gasteiger partial charge in [-0.1, -0.05) is 41.9 Å². The maximum absolute atomic E-state index is 5.83. The van der Waals surface area contributed by atoms with E-state index in [4.69, 9.17) is 11.6 Å². The molecule has 21 heavy (non-hydrogen) atoms. The molecule has 0 aliphatic carbocycles. The molecule has 3 heteroatoms. The lowest BCUT2D eigenvalue weighted by Crippen LogP contribution is -3.11. The number of rotatable bonds is 4. The lowest BCUT2D eigenvalue weighted by molar-refractivity contribution is -0.919. The van der Waals surface area contributed by atoms with Gasteiger partial charge in [-0.2, -0.15) is 0 Å². The molecule has 1 aliphatic heterocycles. The first-order chi connectivity index (χ1) is 10.3. The molecule has 0 spiro atoms. The molecule has 2 nitrogen and oxygen atoms in total. The lowest BCUT2D eigenvalue weighted by Gasteiger charge is -2.29. The zero-order valence-electron chi connectivity index (χ0n) is 12.3. The molecule has 1 saturated heterocycles. The number of aromatic nitrogens is 1. The molecule has 0 radical (unpaired) electrons. The Labute approximate surface area is 131 Å². The minimum atomic E-state index is 0.579. The Morgan fingerprint density at radius 1 is 1.00 bits per heavy atom. The smallest absolute Gasteiger partial charge is 0.129 e. The van der Waals surface area contributed by atoms with Gasteiger partial charge in [0, 0.05) is 11.8 Å². The molecule has 110 valence electrons. The highest BCUT2D eigenvalue weighted by molar-refractivity contribution is 6.29. The van der Waals surface area contributed by atoms with Crippen LogP contribution in [-0.2, 0) is 13.0 Å². The summed E-state index contributed by atoms with van der Waals surface area (Å²) in [5.74, 6) is 0.847. The predicted octanol–water partition coefficient (Wildman–Crippen LogP) is 2.77. The van der Waals surface area contributed by atoms with E-state index in [0.29, 0.717) is 5.15 Å². The van der Waals surface area contributed by atoms with Crippen LogP contribution in [0.2, 0.25) is 5.15 Å². The van der Waals surface area contributed by atoms with E-state index < -0.39 is 0 Å². The SMILES string of the molecule is Clc1ccc(C[NH+]2CCC(Cc3ccccc3)CC2)cn1. The summed E-state index contributed by atoms with van der Waals surface area (Å²) in [5, 5.41) is 0.579. The Bertz CT molecular complexity index is 545. The highest BCUT2D eigenvalue weighted by Gasteiger charge is 2.22. The molecule has 1 aliphatic rings. The van der Waals surface area contributed by atoms with Gasteiger partial charge >= 0.3 is 0 Å². The topological polar surface area (TPSA) is 17.3 Å². The second kappa shape index (κ2) is 7.06. The average molecular weight is 302 g/mol. The number of nitrogens with one attached hydrogen (secondary N) is 1. The molecule has 0 amide bonds. The number of hydrogen-bond acceptors (Lipinski definition) is 1. The number of benzene rings is 1. The number of halogens is 1. The van der Waals surface area contributed by atoms with Crippen LogP contribution in [0.1, 0.15) is 24.0 Å². The van der Waals surface area contributed by atoms with E-state index in [9.17, 15) is 0 Å². The monoisotopic (exact) mass is 301 g/mol. The van der Waals surface area contributed by atoms with E-state index in [1.165, 1.54) is 43.5 Å². The Balaban J connectivity index is 1.47. The Kier molecular flexibility index (Phi) is 4.89. The number of hydrogen-bond donors (Lipinski definition) is 1. The number of piperidine rings is 1. The van der Waals surface area contributed by atoms with Crippen LogP contribution in [0.4, 0.5) is 0 Å². The second-order valence-corrected chi connectivity index (χ2v) is 6.44. The summed E-state index contributed by atoms with van der Waals surface area (Å²) in [6, 6.07) is 14.9. The quantitative estimate of drug-likeness (QED) is 0.860. The third kappa shape index (κ3) is 4.29. The zero-order chi connectivity index (χ0) is 14.5. The molecular formula is C18H22ClN2+. The summed E-state index contributed by atoms with van der Waals surface area (Å²) >= 11 is 5.83. The standard InChI is InChI=1S/C18H21ClN2/c19-18-7-6-17(13-20-18)14-21-10-8-16(9-11-21)12-15-4-2-1-3-5-15/h1-7,13,16H,8-12,14H2/p+1. The van der Waals surface area contributed by atoms with Crippen LogP contribution in [0.15, 0.2) is 48.7 Å². The van der Waals surface area contributed by atoms with E-state index in [2.05, 4.69) is 41.4 Å². The van der Waals surface area contributed by atoms with E-state index in [-0.39, 0.29) is 0 Å². The van der Waals surface area contributed by atoms with Crippen molar-refractivity contribution in [2.75, 3.05) is 13.1 Å². The second-order valence-electron chi connectivity index (χ2n) is 6.05. The van der Waals surface area contributed by atoms with E-state index in [1.807, 2.05) is 12.3 Å². The summed E-state index contributed by atoms with van der Waals surface area (Å²) in [4.78, 5) is 5.84. The van der Waals surface area contributed by atoms with Crippen LogP contribution >= 0.6 is 11.6 Å². The Morgan fingerprint density at radius 2 is 1.76 bits per heavy atom. The van der Waals surface area contributed by atoms with Crippen molar-refractivity contribution >= 4 is 11.6 Å². The predicted molar refractivity (Wildman–Crippen MR) is 86.5 cm³/mol. The summed E-state index contributed by atoms with van der Waals surface area (Å²) < 4.78 is 0. The fourth-order valence-electron chi connectivity index (χ4n) is 3.21. The highest BCUT2D eigenvalue weighted by Crippen LogP contribution is 2.16. The molecule has 1 N–H and O–H groups in total. The van der Waals surface area contributed by atoms with Gasteiger partial charge in [0.05, 0.1) is 13.1 Å². The van der Waals surface area contributed by atoms with E-state index in [0.717, 1.165) is 12.5 Å². The fourth-order valence-corrected chi connectivity index (χ4v) is 3.33. The van der Waals surface area contributed by atoms with Crippen LogP contribution in [0.3, 0.4) is 0 Å². The first kappa shape index (κ1) is 14.6. The first-order valence-corrected chi connectivity index (χ1v) is 8.15. The molecule has 3 rings (SSSR count). The van der Waals surface area contributed by atoms with Gasteiger partial charge in [0.2, 0.25) is 0 Å². The fraction of sp³-hybridized carbons (Fsp3) is 0.389. The average Bonchev–Trinajstić information content (AvgIpc) is 2.53. The highest BCUT2D eigenvalue weighted by atomic mass is 35.5. The third-order valence-electron chi connectivity index (χ3n) is 4.42. The molecule has 2 heterocycles. The summed E-state index contributed by atoms with van der Waals surface area (Å²) in [5.41, 5.74) is 2.77. The van der Waals surface area contributed by atoms with Crippen molar-refractivity contribution < 1.29 is 4.90 Å². The van der Waals surface area contributed by atoms with Crippen molar-refractivity contribution in [2.45, 2.75) is 25.8 Å². The maximum Gasteiger partial charge on any atom is 0.129 e. The van der Waals surface area contributed by atoms with Gasteiger partial charge in [0.15, 0.2) is 0 Å².